The predicted octanol–water partition coefficient (Wildman–Crippen LogP) is 4.81. The van der Waals surface area contributed by atoms with Gasteiger partial charge in [-0.25, -0.2) is 0 Å². The van der Waals surface area contributed by atoms with Crippen molar-refractivity contribution < 1.29 is 4.84 Å². The van der Waals surface area contributed by atoms with Crippen molar-refractivity contribution in [3.8, 4) is 5.75 Å². The van der Waals surface area contributed by atoms with Crippen molar-refractivity contribution in [2.24, 2.45) is 5.16 Å². The second-order valence-corrected chi connectivity index (χ2v) is 5.36. The molecule has 2 rings (SSSR count). The lowest BCUT2D eigenvalue weighted by Gasteiger charge is -2.09. The van der Waals surface area contributed by atoms with Crippen LogP contribution in [0.1, 0.15) is 30.9 Å². The Labute approximate surface area is 130 Å². The number of hydrogen-bond donors (Lipinski definition) is 1. The number of benzene rings is 2. The molecule has 0 heterocycles. The first-order valence-electron chi connectivity index (χ1n) is 6.96. The van der Waals surface area contributed by atoms with Crippen LogP contribution in [0, 0.1) is 6.92 Å². The van der Waals surface area contributed by atoms with E-state index in [2.05, 4.69) is 12.1 Å². The lowest BCUT2D eigenvalue weighted by atomic mass is 10.0. The number of nitrogen functional groups attached to an aromatic ring is 1. The van der Waals surface area contributed by atoms with Crippen LogP contribution >= 0.6 is 11.6 Å². The van der Waals surface area contributed by atoms with Crippen LogP contribution in [0.25, 0.3) is 0 Å². The molecular formula is C17H19ClN2O. The summed E-state index contributed by atoms with van der Waals surface area (Å²) in [7, 11) is 0. The van der Waals surface area contributed by atoms with E-state index in [0.717, 1.165) is 29.7 Å². The van der Waals surface area contributed by atoms with Gasteiger partial charge in [0.2, 0.25) is 0 Å². The van der Waals surface area contributed by atoms with E-state index in [1.54, 1.807) is 24.3 Å². The number of hydrogen-bond acceptors (Lipinski definition) is 3. The molecule has 0 aromatic heterocycles. The maximum Gasteiger partial charge on any atom is 0.158 e. The zero-order valence-corrected chi connectivity index (χ0v) is 13.0. The minimum absolute atomic E-state index is 0.652. The number of aryl methyl sites for hydroxylation is 1. The van der Waals surface area contributed by atoms with Crippen LogP contribution in [0.4, 0.5) is 5.69 Å². The number of rotatable bonds is 5. The van der Waals surface area contributed by atoms with Crippen LogP contribution in [0.2, 0.25) is 5.02 Å². The smallest absolute Gasteiger partial charge is 0.158 e. The third-order valence-electron chi connectivity index (χ3n) is 3.08. The molecule has 0 fully saturated rings. The van der Waals surface area contributed by atoms with Gasteiger partial charge in [-0.05, 0) is 49.7 Å². The normalized spacial score (nSPS) is 11.5. The maximum atomic E-state index is 6.06. The van der Waals surface area contributed by atoms with E-state index in [0.29, 0.717) is 16.5 Å². The van der Waals surface area contributed by atoms with Crippen molar-refractivity contribution in [1.29, 1.82) is 0 Å². The molecule has 0 aliphatic rings. The summed E-state index contributed by atoms with van der Waals surface area (Å²) < 4.78 is 0. The Morgan fingerprint density at radius 2 is 1.90 bits per heavy atom. The van der Waals surface area contributed by atoms with Crippen LogP contribution in [0.3, 0.4) is 0 Å². The van der Waals surface area contributed by atoms with Crippen LogP contribution in [-0.2, 0) is 0 Å². The number of anilines is 1. The summed E-state index contributed by atoms with van der Waals surface area (Å²) in [6.07, 6.45) is 1.78. The quantitative estimate of drug-likeness (QED) is 0.489. The van der Waals surface area contributed by atoms with E-state index in [1.165, 1.54) is 0 Å². The lowest BCUT2D eigenvalue weighted by molar-refractivity contribution is 0.340. The molecule has 0 saturated carbocycles. The molecule has 2 aromatic rings. The zero-order valence-electron chi connectivity index (χ0n) is 12.3. The van der Waals surface area contributed by atoms with E-state index in [4.69, 9.17) is 22.2 Å². The highest BCUT2D eigenvalue weighted by molar-refractivity contribution is 6.30. The molecule has 0 bridgehead atoms. The highest BCUT2D eigenvalue weighted by atomic mass is 35.5. The molecule has 4 heteroatoms. The van der Waals surface area contributed by atoms with Gasteiger partial charge in [0.15, 0.2) is 5.75 Å². The predicted molar refractivity (Wildman–Crippen MR) is 89.1 cm³/mol. The fourth-order valence-corrected chi connectivity index (χ4v) is 2.12. The Kier molecular flexibility index (Phi) is 5.23. The number of oxime groups is 1. The van der Waals surface area contributed by atoms with E-state index < -0.39 is 0 Å². The maximum absolute atomic E-state index is 6.06. The van der Waals surface area contributed by atoms with Gasteiger partial charge in [0.1, 0.15) is 0 Å². The topological polar surface area (TPSA) is 47.6 Å². The standard InChI is InChI=1S/C17H19ClN2O/c1-3-4-17(15-11-12(2)5-10-16(15)19)20-21-14-8-6-13(18)7-9-14/h5-11H,3-4,19H2,1-2H3/b20-17+. The Morgan fingerprint density at radius 1 is 1.19 bits per heavy atom. The Morgan fingerprint density at radius 3 is 2.57 bits per heavy atom. The molecule has 0 unspecified atom stereocenters. The fourth-order valence-electron chi connectivity index (χ4n) is 1.99. The highest BCUT2D eigenvalue weighted by Crippen LogP contribution is 2.20. The molecule has 2 aromatic carbocycles. The third-order valence-corrected chi connectivity index (χ3v) is 3.33. The summed E-state index contributed by atoms with van der Waals surface area (Å²) in [5.41, 5.74) is 9.71. The van der Waals surface area contributed by atoms with Gasteiger partial charge < -0.3 is 10.6 Å². The average molecular weight is 303 g/mol. The molecule has 0 spiro atoms. The highest BCUT2D eigenvalue weighted by Gasteiger charge is 2.08. The number of halogens is 1. The van der Waals surface area contributed by atoms with Crippen molar-refractivity contribution in [3.05, 3.63) is 58.6 Å². The van der Waals surface area contributed by atoms with Gasteiger partial charge in [-0.3, -0.25) is 0 Å². The molecule has 21 heavy (non-hydrogen) atoms. The van der Waals surface area contributed by atoms with E-state index in [9.17, 15) is 0 Å². The summed E-state index contributed by atoms with van der Waals surface area (Å²) in [6.45, 7) is 4.14. The fraction of sp³-hybridized carbons (Fsp3) is 0.235. The number of nitrogens with zero attached hydrogens (tertiary/aromatic N) is 1. The Bertz CT molecular complexity index is 636. The molecule has 2 N–H and O–H groups in total. The molecular weight excluding hydrogens is 284 g/mol. The second kappa shape index (κ2) is 7.14. The lowest BCUT2D eigenvalue weighted by Crippen LogP contribution is -2.07. The summed E-state index contributed by atoms with van der Waals surface area (Å²) in [5.74, 6) is 0.652. The summed E-state index contributed by atoms with van der Waals surface area (Å²) in [5, 5.41) is 4.95. The van der Waals surface area contributed by atoms with E-state index >= 15 is 0 Å². The van der Waals surface area contributed by atoms with Crippen molar-refractivity contribution >= 4 is 23.0 Å². The first kappa shape index (κ1) is 15.4. The van der Waals surface area contributed by atoms with Crippen LogP contribution in [0.15, 0.2) is 47.6 Å². The van der Waals surface area contributed by atoms with Gasteiger partial charge in [0.25, 0.3) is 0 Å². The molecule has 3 nitrogen and oxygen atoms in total. The van der Waals surface area contributed by atoms with E-state index in [-0.39, 0.29) is 0 Å². The molecule has 0 saturated heterocycles. The van der Waals surface area contributed by atoms with Crippen LogP contribution < -0.4 is 10.6 Å². The van der Waals surface area contributed by atoms with Crippen LogP contribution in [0.5, 0.6) is 5.75 Å². The first-order chi connectivity index (χ1) is 10.1. The van der Waals surface area contributed by atoms with E-state index in [1.807, 2.05) is 25.1 Å². The summed E-state index contributed by atoms with van der Waals surface area (Å²) in [4.78, 5) is 5.50. The van der Waals surface area contributed by atoms with Gasteiger partial charge >= 0.3 is 0 Å². The molecule has 0 aliphatic carbocycles. The Hall–Kier alpha value is -2.00. The Balaban J connectivity index is 2.27. The summed E-state index contributed by atoms with van der Waals surface area (Å²) >= 11 is 5.85. The molecule has 0 atom stereocenters. The largest absolute Gasteiger partial charge is 0.398 e. The van der Waals surface area contributed by atoms with Gasteiger partial charge in [-0.2, -0.15) is 0 Å². The van der Waals surface area contributed by atoms with Gasteiger partial charge in [-0.1, -0.05) is 41.7 Å². The SMILES string of the molecule is CCC/C(=N\Oc1ccc(Cl)cc1)c1cc(C)ccc1N. The van der Waals surface area contributed by atoms with Crippen molar-refractivity contribution in [3.63, 3.8) is 0 Å². The minimum Gasteiger partial charge on any atom is -0.398 e. The minimum atomic E-state index is 0.652. The van der Waals surface area contributed by atoms with Crippen LogP contribution in [-0.4, -0.2) is 5.71 Å². The van der Waals surface area contributed by atoms with Crippen molar-refractivity contribution in [2.45, 2.75) is 26.7 Å². The van der Waals surface area contributed by atoms with Crippen molar-refractivity contribution in [1.82, 2.24) is 0 Å². The number of nitrogens with two attached hydrogens (primary N) is 1. The first-order valence-corrected chi connectivity index (χ1v) is 7.34. The third kappa shape index (κ3) is 4.23. The molecule has 0 aliphatic heterocycles. The van der Waals surface area contributed by atoms with Gasteiger partial charge in [0.05, 0.1) is 5.71 Å². The molecule has 110 valence electrons. The van der Waals surface area contributed by atoms with Gasteiger partial charge in [-0.15, -0.1) is 0 Å². The molecule has 0 amide bonds. The molecule has 0 radical (unpaired) electrons. The monoisotopic (exact) mass is 302 g/mol. The zero-order chi connectivity index (χ0) is 15.2. The average Bonchev–Trinajstić information content (AvgIpc) is 2.48. The summed E-state index contributed by atoms with van der Waals surface area (Å²) in [6, 6.07) is 13.0. The second-order valence-electron chi connectivity index (χ2n) is 4.92. The van der Waals surface area contributed by atoms with Crippen molar-refractivity contribution in [2.75, 3.05) is 5.73 Å². The van der Waals surface area contributed by atoms with Gasteiger partial charge in [0, 0.05) is 16.3 Å².